The fourth-order valence-electron chi connectivity index (χ4n) is 2.77. The summed E-state index contributed by atoms with van der Waals surface area (Å²) in [6.07, 6.45) is 0.841. The molecule has 0 spiro atoms. The maximum absolute atomic E-state index is 13.0. The molecule has 25 heavy (non-hydrogen) atoms. The van der Waals surface area contributed by atoms with Crippen LogP contribution in [0.1, 0.15) is 21.5 Å². The van der Waals surface area contributed by atoms with E-state index in [2.05, 4.69) is 40.2 Å². The van der Waals surface area contributed by atoms with Crippen molar-refractivity contribution in [1.82, 2.24) is 4.90 Å². The van der Waals surface area contributed by atoms with Gasteiger partial charge in [-0.1, -0.05) is 82.7 Å². The van der Waals surface area contributed by atoms with Crippen molar-refractivity contribution in [3.05, 3.63) is 106 Å². The third-order valence-electron chi connectivity index (χ3n) is 4.09. The minimum absolute atomic E-state index is 0.0566. The Bertz CT molecular complexity index is 818. The summed E-state index contributed by atoms with van der Waals surface area (Å²) in [4.78, 5) is 14.9. The normalized spacial score (nSPS) is 10.4. The number of carbonyl (C=O) groups excluding carboxylic acids is 1. The second-order valence-electron chi connectivity index (χ2n) is 5.96. The summed E-state index contributed by atoms with van der Waals surface area (Å²) in [5.74, 6) is 0.0566. The number of hydrogen-bond acceptors (Lipinski definition) is 1. The van der Waals surface area contributed by atoms with Crippen molar-refractivity contribution in [2.24, 2.45) is 0 Å². The molecule has 0 aliphatic carbocycles. The van der Waals surface area contributed by atoms with Gasteiger partial charge < -0.3 is 4.90 Å². The Kier molecular flexibility index (Phi) is 6.02. The first-order chi connectivity index (χ1) is 12.2. The van der Waals surface area contributed by atoms with E-state index < -0.39 is 0 Å². The number of hydrogen-bond donors (Lipinski definition) is 0. The lowest BCUT2D eigenvalue weighted by atomic mass is 10.1. The van der Waals surface area contributed by atoms with Gasteiger partial charge in [0.05, 0.1) is 0 Å². The topological polar surface area (TPSA) is 20.3 Å². The largest absolute Gasteiger partial charge is 0.334 e. The number of carbonyl (C=O) groups is 1. The molecule has 2 nitrogen and oxygen atoms in total. The smallest absolute Gasteiger partial charge is 0.254 e. The van der Waals surface area contributed by atoms with Crippen LogP contribution in [0.25, 0.3) is 0 Å². The molecule has 0 bridgehead atoms. The Labute approximate surface area is 157 Å². The fraction of sp³-hybridized carbons (Fsp3) is 0.136. The second kappa shape index (κ2) is 8.63. The predicted octanol–water partition coefficient (Wildman–Crippen LogP) is 5.33. The van der Waals surface area contributed by atoms with Gasteiger partial charge in [-0.05, 0) is 35.7 Å². The highest BCUT2D eigenvalue weighted by atomic mass is 79.9. The zero-order valence-corrected chi connectivity index (χ0v) is 15.5. The number of nitrogens with zero attached hydrogens (tertiary/aromatic N) is 1. The molecule has 0 N–H and O–H groups in total. The summed E-state index contributed by atoms with van der Waals surface area (Å²) in [5.41, 5.74) is 3.08. The molecule has 0 aliphatic heterocycles. The lowest BCUT2D eigenvalue weighted by Crippen LogP contribution is -2.32. The highest BCUT2D eigenvalue weighted by molar-refractivity contribution is 9.10. The molecular weight excluding hydrogens is 374 g/mol. The number of halogens is 1. The Balaban J connectivity index is 1.79. The molecule has 0 fully saturated rings. The SMILES string of the molecule is O=C(c1cccc(Br)c1)N(CCc1ccccc1)Cc1ccccc1. The van der Waals surface area contributed by atoms with E-state index in [1.54, 1.807) is 0 Å². The van der Waals surface area contributed by atoms with E-state index in [9.17, 15) is 4.79 Å². The summed E-state index contributed by atoms with van der Waals surface area (Å²) in [6.45, 7) is 1.29. The molecule has 0 saturated carbocycles. The van der Waals surface area contributed by atoms with Crippen LogP contribution in [0.4, 0.5) is 0 Å². The molecule has 0 aromatic heterocycles. The van der Waals surface area contributed by atoms with Gasteiger partial charge in [0.1, 0.15) is 0 Å². The highest BCUT2D eigenvalue weighted by Gasteiger charge is 2.16. The van der Waals surface area contributed by atoms with Gasteiger partial charge in [0.15, 0.2) is 0 Å². The molecule has 0 aliphatic rings. The van der Waals surface area contributed by atoms with E-state index in [4.69, 9.17) is 0 Å². The summed E-state index contributed by atoms with van der Waals surface area (Å²) in [5, 5.41) is 0. The Morgan fingerprint density at radius 2 is 1.44 bits per heavy atom. The highest BCUT2D eigenvalue weighted by Crippen LogP contribution is 2.16. The number of benzene rings is 3. The Hall–Kier alpha value is -2.39. The summed E-state index contributed by atoms with van der Waals surface area (Å²) in [6, 6.07) is 28.0. The molecule has 3 aromatic rings. The molecule has 0 saturated heterocycles. The predicted molar refractivity (Wildman–Crippen MR) is 105 cm³/mol. The van der Waals surface area contributed by atoms with Gasteiger partial charge in [0.25, 0.3) is 5.91 Å². The monoisotopic (exact) mass is 393 g/mol. The van der Waals surface area contributed by atoms with Gasteiger partial charge in [-0.3, -0.25) is 4.79 Å². The molecule has 3 heteroatoms. The Morgan fingerprint density at radius 1 is 0.800 bits per heavy atom. The van der Waals surface area contributed by atoms with Gasteiger partial charge in [-0.25, -0.2) is 0 Å². The lowest BCUT2D eigenvalue weighted by Gasteiger charge is -2.23. The lowest BCUT2D eigenvalue weighted by molar-refractivity contribution is 0.0745. The zero-order valence-electron chi connectivity index (χ0n) is 13.9. The molecule has 3 aromatic carbocycles. The molecule has 0 unspecified atom stereocenters. The zero-order chi connectivity index (χ0) is 17.5. The van der Waals surface area contributed by atoms with E-state index >= 15 is 0 Å². The molecular formula is C22H20BrNO. The van der Waals surface area contributed by atoms with Crippen LogP contribution in [0, 0.1) is 0 Å². The van der Waals surface area contributed by atoms with Crippen molar-refractivity contribution in [2.75, 3.05) is 6.54 Å². The van der Waals surface area contributed by atoms with E-state index in [1.807, 2.05) is 65.6 Å². The van der Waals surface area contributed by atoms with E-state index in [0.717, 1.165) is 16.5 Å². The minimum Gasteiger partial charge on any atom is -0.334 e. The fourth-order valence-corrected chi connectivity index (χ4v) is 3.17. The standard InChI is InChI=1S/C22H20BrNO/c23-21-13-7-12-20(16-21)22(25)24(17-19-10-5-2-6-11-19)15-14-18-8-3-1-4-9-18/h1-13,16H,14-15,17H2. The molecule has 0 atom stereocenters. The van der Waals surface area contributed by atoms with Gasteiger partial charge in [-0.15, -0.1) is 0 Å². The molecule has 126 valence electrons. The van der Waals surface area contributed by atoms with Crippen LogP contribution in [-0.2, 0) is 13.0 Å². The van der Waals surface area contributed by atoms with Crippen LogP contribution >= 0.6 is 15.9 Å². The van der Waals surface area contributed by atoms with Crippen molar-refractivity contribution in [3.8, 4) is 0 Å². The van der Waals surface area contributed by atoms with Crippen LogP contribution in [0.3, 0.4) is 0 Å². The number of amides is 1. The van der Waals surface area contributed by atoms with Crippen molar-refractivity contribution in [1.29, 1.82) is 0 Å². The first kappa shape index (κ1) is 17.4. The number of rotatable bonds is 6. The molecule has 1 amide bonds. The Morgan fingerprint density at radius 3 is 2.08 bits per heavy atom. The van der Waals surface area contributed by atoms with Crippen LogP contribution in [0.5, 0.6) is 0 Å². The van der Waals surface area contributed by atoms with E-state index in [-0.39, 0.29) is 5.91 Å². The summed E-state index contributed by atoms with van der Waals surface area (Å²) < 4.78 is 0.918. The third-order valence-corrected chi connectivity index (χ3v) is 4.58. The van der Waals surface area contributed by atoms with Gasteiger partial charge in [0, 0.05) is 23.1 Å². The second-order valence-corrected chi connectivity index (χ2v) is 6.87. The third kappa shape index (κ3) is 5.04. The quantitative estimate of drug-likeness (QED) is 0.553. The average Bonchev–Trinajstić information content (AvgIpc) is 2.66. The van der Waals surface area contributed by atoms with Crippen LogP contribution < -0.4 is 0 Å². The van der Waals surface area contributed by atoms with Crippen molar-refractivity contribution in [2.45, 2.75) is 13.0 Å². The van der Waals surface area contributed by atoms with Crippen LogP contribution in [0.2, 0.25) is 0 Å². The minimum atomic E-state index is 0.0566. The van der Waals surface area contributed by atoms with Crippen LogP contribution in [-0.4, -0.2) is 17.4 Å². The summed E-state index contributed by atoms with van der Waals surface area (Å²) >= 11 is 3.45. The summed E-state index contributed by atoms with van der Waals surface area (Å²) in [7, 11) is 0. The van der Waals surface area contributed by atoms with E-state index in [0.29, 0.717) is 18.7 Å². The molecule has 0 radical (unpaired) electrons. The van der Waals surface area contributed by atoms with Crippen LogP contribution in [0.15, 0.2) is 89.4 Å². The maximum atomic E-state index is 13.0. The first-order valence-corrected chi connectivity index (χ1v) is 9.14. The average molecular weight is 394 g/mol. The van der Waals surface area contributed by atoms with Crippen molar-refractivity contribution < 1.29 is 4.79 Å². The van der Waals surface area contributed by atoms with E-state index in [1.165, 1.54) is 5.56 Å². The molecule has 3 rings (SSSR count). The first-order valence-electron chi connectivity index (χ1n) is 8.35. The van der Waals surface area contributed by atoms with Gasteiger partial charge >= 0.3 is 0 Å². The van der Waals surface area contributed by atoms with Gasteiger partial charge in [0.2, 0.25) is 0 Å². The van der Waals surface area contributed by atoms with Crippen molar-refractivity contribution >= 4 is 21.8 Å². The maximum Gasteiger partial charge on any atom is 0.254 e. The van der Waals surface area contributed by atoms with Gasteiger partial charge in [-0.2, -0.15) is 0 Å². The van der Waals surface area contributed by atoms with Crippen molar-refractivity contribution in [3.63, 3.8) is 0 Å². The molecule has 0 heterocycles.